The molecule has 0 saturated heterocycles. The summed E-state index contributed by atoms with van der Waals surface area (Å²) in [5.41, 5.74) is 7.02. The van der Waals surface area contributed by atoms with Crippen LogP contribution in [0.5, 0.6) is 0 Å². The second kappa shape index (κ2) is 2.38. The molecule has 0 amide bonds. The molecule has 1 heterocycles. The summed E-state index contributed by atoms with van der Waals surface area (Å²) in [7, 11) is 2.10. The minimum atomic E-state index is 0.750. The van der Waals surface area contributed by atoms with Crippen molar-refractivity contribution in [2.24, 2.45) is 18.7 Å². The van der Waals surface area contributed by atoms with E-state index in [1.54, 1.807) is 0 Å². The van der Waals surface area contributed by atoms with E-state index in [-0.39, 0.29) is 0 Å². The molecule has 1 aromatic heterocycles. The Balaban J connectivity index is 2.14. The molecular formula is C9H14N2. The highest BCUT2D eigenvalue weighted by Gasteiger charge is 2.38. The molecule has 1 saturated carbocycles. The molecule has 2 atom stereocenters. The molecule has 0 unspecified atom stereocenters. The van der Waals surface area contributed by atoms with Crippen LogP contribution in [0.3, 0.4) is 0 Å². The summed E-state index contributed by atoms with van der Waals surface area (Å²) < 4.78 is 2.19. The van der Waals surface area contributed by atoms with E-state index in [1.807, 2.05) is 0 Å². The Hall–Kier alpha value is -0.760. The molecule has 0 aromatic carbocycles. The van der Waals surface area contributed by atoms with Crippen LogP contribution in [0.1, 0.15) is 18.0 Å². The third kappa shape index (κ3) is 1.07. The molecule has 0 spiro atoms. The molecule has 1 aliphatic rings. The van der Waals surface area contributed by atoms with Gasteiger partial charge in [-0.2, -0.15) is 0 Å². The van der Waals surface area contributed by atoms with Crippen LogP contribution in [0.25, 0.3) is 0 Å². The lowest BCUT2D eigenvalue weighted by Crippen LogP contribution is -2.03. The van der Waals surface area contributed by atoms with Crippen LogP contribution >= 0.6 is 0 Å². The smallest absolute Gasteiger partial charge is 0.0206 e. The Bertz CT molecular complexity index is 252. The number of hydrogen-bond acceptors (Lipinski definition) is 1. The van der Waals surface area contributed by atoms with E-state index in [1.165, 1.54) is 12.1 Å². The van der Waals surface area contributed by atoms with E-state index < -0.39 is 0 Å². The average Bonchev–Trinajstić information content (AvgIpc) is 2.68. The number of nitrogens with zero attached hydrogens (tertiary/aromatic N) is 1. The maximum Gasteiger partial charge on any atom is 0.0206 e. The Morgan fingerprint density at radius 1 is 1.73 bits per heavy atom. The summed E-state index contributed by atoms with van der Waals surface area (Å²) in [5.74, 6) is 1.50. The van der Waals surface area contributed by atoms with Crippen LogP contribution in [0.2, 0.25) is 0 Å². The highest BCUT2D eigenvalue weighted by molar-refractivity contribution is 5.20. The fourth-order valence-electron chi connectivity index (χ4n) is 1.73. The first kappa shape index (κ1) is 6.92. The Kier molecular flexibility index (Phi) is 1.50. The van der Waals surface area contributed by atoms with E-state index in [4.69, 9.17) is 5.73 Å². The van der Waals surface area contributed by atoms with Crippen molar-refractivity contribution in [2.75, 3.05) is 6.54 Å². The van der Waals surface area contributed by atoms with Gasteiger partial charge >= 0.3 is 0 Å². The maximum atomic E-state index is 5.57. The third-order valence-electron chi connectivity index (χ3n) is 2.59. The first-order valence-corrected chi connectivity index (χ1v) is 4.14. The molecule has 2 N–H and O–H groups in total. The highest BCUT2D eigenvalue weighted by Crippen LogP contribution is 2.46. The zero-order chi connectivity index (χ0) is 7.84. The van der Waals surface area contributed by atoms with Crippen molar-refractivity contribution in [3.05, 3.63) is 24.0 Å². The van der Waals surface area contributed by atoms with Crippen LogP contribution in [-0.4, -0.2) is 11.1 Å². The van der Waals surface area contributed by atoms with Gasteiger partial charge < -0.3 is 10.3 Å². The SMILES string of the molecule is Cn1cccc1[C@@H]1C[C@H]1CN. The summed E-state index contributed by atoms with van der Waals surface area (Å²) in [5, 5.41) is 0. The second-order valence-electron chi connectivity index (χ2n) is 3.38. The molecule has 11 heavy (non-hydrogen) atoms. The van der Waals surface area contributed by atoms with Gasteiger partial charge in [-0.05, 0) is 31.0 Å². The van der Waals surface area contributed by atoms with Gasteiger partial charge in [-0.25, -0.2) is 0 Å². The normalized spacial score (nSPS) is 28.9. The summed E-state index contributed by atoms with van der Waals surface area (Å²) in [6, 6.07) is 4.29. The first-order valence-electron chi connectivity index (χ1n) is 4.14. The van der Waals surface area contributed by atoms with Crippen molar-refractivity contribution < 1.29 is 0 Å². The van der Waals surface area contributed by atoms with Crippen molar-refractivity contribution in [3.8, 4) is 0 Å². The lowest BCUT2D eigenvalue weighted by atomic mass is 10.2. The molecular weight excluding hydrogens is 136 g/mol. The van der Waals surface area contributed by atoms with Gasteiger partial charge in [0, 0.05) is 24.9 Å². The Morgan fingerprint density at radius 2 is 2.55 bits per heavy atom. The molecule has 2 nitrogen and oxygen atoms in total. The molecule has 1 aliphatic carbocycles. The van der Waals surface area contributed by atoms with Crippen LogP contribution < -0.4 is 5.73 Å². The summed E-state index contributed by atoms with van der Waals surface area (Å²) in [6.07, 6.45) is 3.38. The van der Waals surface area contributed by atoms with Gasteiger partial charge in [0.05, 0.1) is 0 Å². The highest BCUT2D eigenvalue weighted by atomic mass is 14.9. The number of aryl methyl sites for hydroxylation is 1. The summed E-state index contributed by atoms with van der Waals surface area (Å²) in [6.45, 7) is 0.843. The van der Waals surface area contributed by atoms with Gasteiger partial charge in [0.1, 0.15) is 0 Å². The van der Waals surface area contributed by atoms with Crippen LogP contribution in [0.4, 0.5) is 0 Å². The fraction of sp³-hybridized carbons (Fsp3) is 0.556. The van der Waals surface area contributed by atoms with Crippen LogP contribution in [0.15, 0.2) is 18.3 Å². The van der Waals surface area contributed by atoms with Crippen molar-refractivity contribution in [3.63, 3.8) is 0 Å². The van der Waals surface area contributed by atoms with E-state index in [0.29, 0.717) is 0 Å². The van der Waals surface area contributed by atoms with Gasteiger partial charge in [-0.1, -0.05) is 0 Å². The quantitative estimate of drug-likeness (QED) is 0.672. The second-order valence-corrected chi connectivity index (χ2v) is 3.38. The van der Waals surface area contributed by atoms with Gasteiger partial charge in [0.25, 0.3) is 0 Å². The summed E-state index contributed by atoms with van der Waals surface area (Å²) in [4.78, 5) is 0. The van der Waals surface area contributed by atoms with Crippen molar-refractivity contribution in [1.82, 2.24) is 4.57 Å². The molecule has 1 fully saturated rings. The van der Waals surface area contributed by atoms with Crippen molar-refractivity contribution in [2.45, 2.75) is 12.3 Å². The molecule has 1 aromatic rings. The Morgan fingerprint density at radius 3 is 3.00 bits per heavy atom. The first-order chi connectivity index (χ1) is 5.33. The van der Waals surface area contributed by atoms with Gasteiger partial charge in [-0.15, -0.1) is 0 Å². The number of rotatable bonds is 2. The predicted molar refractivity (Wildman–Crippen MR) is 45.3 cm³/mol. The molecule has 2 heteroatoms. The van der Waals surface area contributed by atoms with Gasteiger partial charge in [0.15, 0.2) is 0 Å². The largest absolute Gasteiger partial charge is 0.354 e. The fourth-order valence-corrected chi connectivity index (χ4v) is 1.73. The van der Waals surface area contributed by atoms with Crippen LogP contribution in [-0.2, 0) is 7.05 Å². The van der Waals surface area contributed by atoms with Gasteiger partial charge in [-0.3, -0.25) is 0 Å². The predicted octanol–water partition coefficient (Wildman–Crippen LogP) is 1.09. The lowest BCUT2D eigenvalue weighted by Gasteiger charge is -2.00. The minimum Gasteiger partial charge on any atom is -0.354 e. The van der Waals surface area contributed by atoms with Gasteiger partial charge in [0.2, 0.25) is 0 Å². The number of aromatic nitrogens is 1. The van der Waals surface area contributed by atoms with E-state index >= 15 is 0 Å². The molecule has 0 radical (unpaired) electrons. The molecule has 2 rings (SSSR count). The lowest BCUT2D eigenvalue weighted by molar-refractivity contribution is 0.757. The van der Waals surface area contributed by atoms with Crippen LogP contribution in [0, 0.1) is 5.92 Å². The molecule has 60 valence electrons. The summed E-state index contributed by atoms with van der Waals surface area (Å²) >= 11 is 0. The maximum absolute atomic E-state index is 5.57. The van der Waals surface area contributed by atoms with Crippen molar-refractivity contribution >= 4 is 0 Å². The Labute approximate surface area is 67.0 Å². The van der Waals surface area contributed by atoms with E-state index in [9.17, 15) is 0 Å². The zero-order valence-electron chi connectivity index (χ0n) is 6.83. The number of hydrogen-bond donors (Lipinski definition) is 1. The standard InChI is InChI=1S/C9H14N2/c1-11-4-2-3-9(11)8-5-7(8)6-10/h2-4,7-8H,5-6,10H2,1H3/t7-,8+/m0/s1. The third-order valence-corrected chi connectivity index (χ3v) is 2.59. The zero-order valence-corrected chi connectivity index (χ0v) is 6.83. The topological polar surface area (TPSA) is 30.9 Å². The monoisotopic (exact) mass is 150 g/mol. The minimum absolute atomic E-state index is 0.750. The number of nitrogens with two attached hydrogens (primary N) is 1. The molecule has 0 bridgehead atoms. The van der Waals surface area contributed by atoms with Crippen molar-refractivity contribution in [1.29, 1.82) is 0 Å². The van der Waals surface area contributed by atoms with E-state index in [2.05, 4.69) is 29.9 Å². The average molecular weight is 150 g/mol. The molecule has 0 aliphatic heterocycles. The van der Waals surface area contributed by atoms with E-state index in [0.717, 1.165) is 18.4 Å².